The Bertz CT molecular complexity index is 500. The molecule has 0 aromatic carbocycles. The lowest BCUT2D eigenvalue weighted by Gasteiger charge is -2.01. The molecule has 0 radical (unpaired) electrons. The molecule has 1 aliphatic heterocycles. The molecule has 5 nitrogen and oxygen atoms in total. The molecule has 0 saturated heterocycles. The van der Waals surface area contributed by atoms with Gasteiger partial charge in [-0.05, 0) is 25.3 Å². The van der Waals surface area contributed by atoms with E-state index in [9.17, 15) is 14.4 Å². The summed E-state index contributed by atoms with van der Waals surface area (Å²) in [5, 5.41) is 0. The van der Waals surface area contributed by atoms with E-state index in [0.717, 1.165) is 12.1 Å². The predicted molar refractivity (Wildman–Crippen MR) is 56.4 cm³/mol. The van der Waals surface area contributed by atoms with Gasteiger partial charge in [-0.2, -0.15) is 0 Å². The van der Waals surface area contributed by atoms with E-state index in [1.165, 1.54) is 0 Å². The Hall–Kier alpha value is -1.91. The topological polar surface area (TPSA) is 82.2 Å². The summed E-state index contributed by atoms with van der Waals surface area (Å²) in [7, 11) is 0. The molecule has 0 spiro atoms. The van der Waals surface area contributed by atoms with Crippen LogP contribution in [0.3, 0.4) is 0 Å². The minimum atomic E-state index is -0.573. The molecule has 2 rings (SSSR count). The maximum Gasteiger partial charge on any atom is 0.265 e. The SMILES string of the molecule is Cc1c(C(=O)C=O)c2n(c1C(N)=O)CCC2. The second-order valence-corrected chi connectivity index (χ2v) is 3.90. The van der Waals surface area contributed by atoms with Crippen molar-refractivity contribution in [1.29, 1.82) is 0 Å². The van der Waals surface area contributed by atoms with E-state index >= 15 is 0 Å². The summed E-state index contributed by atoms with van der Waals surface area (Å²) in [4.78, 5) is 33.4. The van der Waals surface area contributed by atoms with Crippen molar-refractivity contribution in [3.8, 4) is 0 Å². The fourth-order valence-electron chi connectivity index (χ4n) is 2.42. The Morgan fingerprint density at radius 1 is 1.44 bits per heavy atom. The summed E-state index contributed by atoms with van der Waals surface area (Å²) >= 11 is 0. The number of fused-ring (bicyclic) bond motifs is 1. The third-order valence-corrected chi connectivity index (χ3v) is 3.00. The quantitative estimate of drug-likeness (QED) is 0.449. The zero-order chi connectivity index (χ0) is 11.9. The number of hydrogen-bond acceptors (Lipinski definition) is 3. The standard InChI is InChI=1S/C11H12N2O3/c1-6-9(8(15)5-14)7-3-2-4-13(7)10(6)11(12)16/h5H,2-4H2,1H3,(H2,12,16). The third kappa shape index (κ3) is 1.28. The molecule has 16 heavy (non-hydrogen) atoms. The van der Waals surface area contributed by atoms with Crippen LogP contribution in [0.5, 0.6) is 0 Å². The first-order valence-electron chi connectivity index (χ1n) is 5.09. The van der Waals surface area contributed by atoms with Gasteiger partial charge in [0.1, 0.15) is 5.69 Å². The van der Waals surface area contributed by atoms with E-state index in [0.29, 0.717) is 29.8 Å². The Labute approximate surface area is 92.2 Å². The third-order valence-electron chi connectivity index (χ3n) is 3.00. The lowest BCUT2D eigenvalue weighted by molar-refractivity contribution is -0.104. The van der Waals surface area contributed by atoms with Gasteiger partial charge in [0.2, 0.25) is 5.78 Å². The van der Waals surface area contributed by atoms with Gasteiger partial charge in [0.25, 0.3) is 5.91 Å². The van der Waals surface area contributed by atoms with E-state index in [2.05, 4.69) is 0 Å². The van der Waals surface area contributed by atoms with E-state index in [4.69, 9.17) is 5.73 Å². The van der Waals surface area contributed by atoms with Crippen molar-refractivity contribution >= 4 is 18.0 Å². The van der Waals surface area contributed by atoms with Crippen LogP contribution in [0.1, 0.15) is 38.5 Å². The normalized spacial score (nSPS) is 13.6. The fourth-order valence-corrected chi connectivity index (χ4v) is 2.42. The van der Waals surface area contributed by atoms with Crippen LogP contribution in [0.4, 0.5) is 0 Å². The number of aldehydes is 1. The minimum Gasteiger partial charge on any atom is -0.364 e. The number of amides is 1. The molecule has 2 heterocycles. The number of carbonyl (C=O) groups excluding carboxylic acids is 3. The highest BCUT2D eigenvalue weighted by atomic mass is 16.2. The monoisotopic (exact) mass is 220 g/mol. The number of Topliss-reactive ketones (excluding diaryl/α,β-unsaturated/α-hetero) is 1. The van der Waals surface area contributed by atoms with Gasteiger partial charge >= 0.3 is 0 Å². The maximum atomic E-state index is 11.5. The molecule has 0 aliphatic carbocycles. The van der Waals surface area contributed by atoms with Gasteiger partial charge in [-0.1, -0.05) is 0 Å². The van der Waals surface area contributed by atoms with Crippen molar-refractivity contribution in [3.63, 3.8) is 0 Å². The van der Waals surface area contributed by atoms with Crippen LogP contribution in [-0.2, 0) is 17.8 Å². The second-order valence-electron chi connectivity index (χ2n) is 3.90. The van der Waals surface area contributed by atoms with Gasteiger partial charge < -0.3 is 10.3 Å². The summed E-state index contributed by atoms with van der Waals surface area (Å²) < 4.78 is 1.76. The average Bonchev–Trinajstić information content (AvgIpc) is 2.75. The molecule has 1 aromatic rings. The van der Waals surface area contributed by atoms with Crippen LogP contribution in [0.25, 0.3) is 0 Å². The van der Waals surface area contributed by atoms with E-state index in [1.54, 1.807) is 11.5 Å². The first kappa shape index (κ1) is 10.6. The smallest absolute Gasteiger partial charge is 0.265 e. The summed E-state index contributed by atoms with van der Waals surface area (Å²) in [6.07, 6.45) is 1.87. The van der Waals surface area contributed by atoms with Crippen molar-refractivity contribution in [2.24, 2.45) is 5.73 Å². The zero-order valence-electron chi connectivity index (χ0n) is 8.95. The largest absolute Gasteiger partial charge is 0.364 e. The molecule has 2 N–H and O–H groups in total. The predicted octanol–water partition coefficient (Wildman–Crippen LogP) is 0.223. The van der Waals surface area contributed by atoms with Crippen LogP contribution in [0.15, 0.2) is 0 Å². The van der Waals surface area contributed by atoms with Crippen LogP contribution >= 0.6 is 0 Å². The molecule has 0 saturated carbocycles. The first-order valence-corrected chi connectivity index (χ1v) is 5.09. The average molecular weight is 220 g/mol. The Balaban J connectivity index is 2.71. The summed E-state index contributed by atoms with van der Waals surface area (Å²) in [5.41, 5.74) is 7.30. The zero-order valence-corrected chi connectivity index (χ0v) is 8.95. The highest BCUT2D eigenvalue weighted by molar-refractivity contribution is 6.34. The number of nitrogens with two attached hydrogens (primary N) is 1. The molecule has 0 fully saturated rings. The van der Waals surface area contributed by atoms with Crippen LogP contribution in [0.2, 0.25) is 0 Å². The number of nitrogens with zero attached hydrogens (tertiary/aromatic N) is 1. The molecule has 1 amide bonds. The summed E-state index contributed by atoms with van der Waals surface area (Å²) in [5.74, 6) is -1.12. The van der Waals surface area contributed by atoms with Gasteiger partial charge in [0.15, 0.2) is 6.29 Å². The number of hydrogen-bond donors (Lipinski definition) is 1. The van der Waals surface area contributed by atoms with Gasteiger partial charge in [0.05, 0.1) is 5.56 Å². The summed E-state index contributed by atoms with van der Waals surface area (Å²) in [6, 6.07) is 0. The molecule has 0 unspecified atom stereocenters. The van der Waals surface area contributed by atoms with E-state index in [-0.39, 0.29) is 6.29 Å². The van der Waals surface area contributed by atoms with Gasteiger partial charge in [-0.25, -0.2) is 0 Å². The number of primary amides is 1. The van der Waals surface area contributed by atoms with Crippen LogP contribution in [0, 0.1) is 6.92 Å². The highest BCUT2D eigenvalue weighted by Gasteiger charge is 2.29. The molecule has 0 bridgehead atoms. The molecular weight excluding hydrogens is 208 g/mol. The van der Waals surface area contributed by atoms with Gasteiger partial charge in [-0.15, -0.1) is 0 Å². The number of carbonyl (C=O) groups is 3. The molecule has 84 valence electrons. The summed E-state index contributed by atoms with van der Waals surface area (Å²) in [6.45, 7) is 2.34. The second kappa shape index (κ2) is 3.59. The Morgan fingerprint density at radius 3 is 2.69 bits per heavy atom. The van der Waals surface area contributed by atoms with E-state index < -0.39 is 11.7 Å². The van der Waals surface area contributed by atoms with Crippen molar-refractivity contribution in [2.45, 2.75) is 26.3 Å². The Kier molecular flexibility index (Phi) is 2.38. The molecule has 1 aliphatic rings. The Morgan fingerprint density at radius 2 is 2.12 bits per heavy atom. The van der Waals surface area contributed by atoms with Crippen LogP contribution in [-0.4, -0.2) is 22.5 Å². The molecule has 1 aromatic heterocycles. The van der Waals surface area contributed by atoms with Crippen molar-refractivity contribution in [1.82, 2.24) is 4.57 Å². The highest BCUT2D eigenvalue weighted by Crippen LogP contribution is 2.28. The van der Waals surface area contributed by atoms with Gasteiger partial charge in [-0.3, -0.25) is 14.4 Å². The maximum absolute atomic E-state index is 11.5. The van der Waals surface area contributed by atoms with Gasteiger partial charge in [0, 0.05) is 12.2 Å². The molecule has 0 atom stereocenters. The number of aromatic nitrogens is 1. The fraction of sp³-hybridized carbons (Fsp3) is 0.364. The number of ketones is 1. The van der Waals surface area contributed by atoms with Crippen molar-refractivity contribution < 1.29 is 14.4 Å². The number of rotatable bonds is 3. The minimum absolute atomic E-state index is 0.284. The molecule has 5 heteroatoms. The lowest BCUT2D eigenvalue weighted by atomic mass is 10.0. The first-order chi connectivity index (χ1) is 7.57. The van der Waals surface area contributed by atoms with E-state index in [1.807, 2.05) is 0 Å². The lowest BCUT2D eigenvalue weighted by Crippen LogP contribution is -2.17. The van der Waals surface area contributed by atoms with Crippen molar-refractivity contribution in [2.75, 3.05) is 0 Å². The molecular formula is C11H12N2O3. The van der Waals surface area contributed by atoms with Crippen molar-refractivity contribution in [3.05, 3.63) is 22.5 Å². The van der Waals surface area contributed by atoms with Crippen LogP contribution < -0.4 is 5.73 Å².